The smallest absolute Gasteiger partial charge is 0.279 e. The van der Waals surface area contributed by atoms with Crippen molar-refractivity contribution in [3.05, 3.63) is 29.6 Å². The Morgan fingerprint density at radius 3 is 2.68 bits per heavy atom. The SMILES string of the molecule is CNCCCN(C)S(=O)(=O)NCc1ccc(C)nc1. The predicted molar refractivity (Wildman–Crippen MR) is 75.9 cm³/mol. The summed E-state index contributed by atoms with van der Waals surface area (Å²) < 4.78 is 27.8. The van der Waals surface area contributed by atoms with Gasteiger partial charge in [-0.1, -0.05) is 6.07 Å². The number of hydrogen-bond donors (Lipinski definition) is 2. The first-order valence-corrected chi connectivity index (χ1v) is 7.67. The quantitative estimate of drug-likeness (QED) is 0.673. The maximum absolute atomic E-state index is 11.9. The van der Waals surface area contributed by atoms with E-state index in [0.717, 1.165) is 24.2 Å². The lowest BCUT2D eigenvalue weighted by Gasteiger charge is -2.17. The minimum absolute atomic E-state index is 0.256. The molecular formula is C12H22N4O2S. The first kappa shape index (κ1) is 16.0. The fraction of sp³-hybridized carbons (Fsp3) is 0.583. The van der Waals surface area contributed by atoms with Gasteiger partial charge in [0.15, 0.2) is 0 Å². The molecule has 0 fully saturated rings. The van der Waals surface area contributed by atoms with Crippen LogP contribution < -0.4 is 10.0 Å². The zero-order valence-electron chi connectivity index (χ0n) is 11.7. The molecule has 0 amide bonds. The molecule has 0 saturated carbocycles. The Hall–Kier alpha value is -1.02. The molecule has 1 heterocycles. The normalized spacial score (nSPS) is 12.0. The van der Waals surface area contributed by atoms with Crippen molar-refractivity contribution in [3.8, 4) is 0 Å². The molecule has 1 aromatic heterocycles. The van der Waals surface area contributed by atoms with Gasteiger partial charge in [-0.15, -0.1) is 0 Å². The molecule has 2 N–H and O–H groups in total. The molecule has 0 aliphatic carbocycles. The van der Waals surface area contributed by atoms with E-state index in [2.05, 4.69) is 15.0 Å². The number of pyridine rings is 1. The van der Waals surface area contributed by atoms with Gasteiger partial charge in [-0.05, 0) is 38.6 Å². The molecule has 7 heteroatoms. The minimum atomic E-state index is -3.42. The second kappa shape index (κ2) is 7.54. The van der Waals surface area contributed by atoms with Gasteiger partial charge in [0, 0.05) is 32.0 Å². The van der Waals surface area contributed by atoms with Crippen molar-refractivity contribution in [2.45, 2.75) is 19.9 Å². The van der Waals surface area contributed by atoms with Crippen LogP contribution in [0.3, 0.4) is 0 Å². The van der Waals surface area contributed by atoms with Gasteiger partial charge in [0.1, 0.15) is 0 Å². The molecule has 0 aromatic carbocycles. The van der Waals surface area contributed by atoms with Crippen molar-refractivity contribution in [3.63, 3.8) is 0 Å². The fourth-order valence-corrected chi connectivity index (χ4v) is 2.43. The highest BCUT2D eigenvalue weighted by Gasteiger charge is 2.16. The Kier molecular flexibility index (Phi) is 6.36. The standard InChI is InChI=1S/C12H22N4O2S/c1-11-5-6-12(9-14-11)10-15-19(17,18)16(3)8-4-7-13-2/h5-6,9,13,15H,4,7-8,10H2,1-3H3. The molecule has 0 spiro atoms. The van der Waals surface area contributed by atoms with Crippen LogP contribution in [0.2, 0.25) is 0 Å². The minimum Gasteiger partial charge on any atom is -0.320 e. The lowest BCUT2D eigenvalue weighted by atomic mass is 10.2. The zero-order chi connectivity index (χ0) is 14.3. The molecule has 1 rings (SSSR count). The van der Waals surface area contributed by atoms with Crippen molar-refractivity contribution >= 4 is 10.2 Å². The van der Waals surface area contributed by atoms with E-state index in [9.17, 15) is 8.42 Å². The van der Waals surface area contributed by atoms with Crippen LogP contribution in [0.4, 0.5) is 0 Å². The van der Waals surface area contributed by atoms with Gasteiger partial charge < -0.3 is 5.32 Å². The molecule has 0 bridgehead atoms. The van der Waals surface area contributed by atoms with Crippen LogP contribution in [-0.2, 0) is 16.8 Å². The van der Waals surface area contributed by atoms with Gasteiger partial charge in [0.05, 0.1) is 0 Å². The summed E-state index contributed by atoms with van der Waals surface area (Å²) >= 11 is 0. The fourth-order valence-electron chi connectivity index (χ4n) is 1.49. The van der Waals surface area contributed by atoms with E-state index in [1.165, 1.54) is 4.31 Å². The third kappa shape index (κ3) is 5.65. The van der Waals surface area contributed by atoms with E-state index in [1.807, 2.05) is 26.1 Å². The molecule has 1 aromatic rings. The van der Waals surface area contributed by atoms with Gasteiger partial charge in [-0.2, -0.15) is 17.4 Å². The highest BCUT2D eigenvalue weighted by molar-refractivity contribution is 7.87. The van der Waals surface area contributed by atoms with E-state index >= 15 is 0 Å². The number of hydrogen-bond acceptors (Lipinski definition) is 4. The first-order chi connectivity index (χ1) is 8.95. The molecule has 0 atom stereocenters. The molecule has 108 valence electrons. The summed E-state index contributed by atoms with van der Waals surface area (Å²) in [6.45, 7) is 3.43. The maximum Gasteiger partial charge on any atom is 0.279 e. The predicted octanol–water partition coefficient (Wildman–Crippen LogP) is 0.266. The van der Waals surface area contributed by atoms with Crippen molar-refractivity contribution in [2.75, 3.05) is 27.2 Å². The van der Waals surface area contributed by atoms with Crippen LogP contribution in [0.25, 0.3) is 0 Å². The largest absolute Gasteiger partial charge is 0.320 e. The van der Waals surface area contributed by atoms with Gasteiger partial charge in [-0.3, -0.25) is 4.98 Å². The Labute approximate surface area is 115 Å². The number of aromatic nitrogens is 1. The van der Waals surface area contributed by atoms with E-state index < -0.39 is 10.2 Å². The number of rotatable bonds is 8. The average molecular weight is 286 g/mol. The second-order valence-corrected chi connectivity index (χ2v) is 6.27. The lowest BCUT2D eigenvalue weighted by Crippen LogP contribution is -2.38. The number of nitrogens with zero attached hydrogens (tertiary/aromatic N) is 2. The van der Waals surface area contributed by atoms with Crippen LogP contribution in [0.15, 0.2) is 18.3 Å². The van der Waals surface area contributed by atoms with Crippen LogP contribution >= 0.6 is 0 Å². The summed E-state index contributed by atoms with van der Waals surface area (Å²) in [5.41, 5.74) is 1.76. The number of aryl methyl sites for hydroxylation is 1. The number of nitrogens with one attached hydrogen (secondary N) is 2. The molecule has 0 radical (unpaired) electrons. The zero-order valence-corrected chi connectivity index (χ0v) is 12.5. The Balaban J connectivity index is 2.47. The monoisotopic (exact) mass is 286 g/mol. The van der Waals surface area contributed by atoms with Crippen molar-refractivity contribution in [2.24, 2.45) is 0 Å². The van der Waals surface area contributed by atoms with E-state index in [1.54, 1.807) is 13.2 Å². The van der Waals surface area contributed by atoms with E-state index in [-0.39, 0.29) is 6.54 Å². The molecule has 0 aliphatic rings. The summed E-state index contributed by atoms with van der Waals surface area (Å²) in [6, 6.07) is 3.73. The first-order valence-electron chi connectivity index (χ1n) is 6.23. The van der Waals surface area contributed by atoms with Crippen molar-refractivity contribution < 1.29 is 8.42 Å². The molecular weight excluding hydrogens is 264 g/mol. The second-order valence-electron chi connectivity index (χ2n) is 4.41. The van der Waals surface area contributed by atoms with Crippen molar-refractivity contribution in [1.29, 1.82) is 0 Å². The summed E-state index contributed by atoms with van der Waals surface area (Å²) in [4.78, 5) is 4.13. The lowest BCUT2D eigenvalue weighted by molar-refractivity contribution is 0.447. The van der Waals surface area contributed by atoms with Gasteiger partial charge >= 0.3 is 0 Å². The van der Waals surface area contributed by atoms with Gasteiger partial charge in [0.2, 0.25) is 0 Å². The molecule has 0 aliphatic heterocycles. The van der Waals surface area contributed by atoms with Gasteiger partial charge in [-0.25, -0.2) is 0 Å². The van der Waals surface area contributed by atoms with Crippen LogP contribution in [-0.4, -0.2) is 44.9 Å². The topological polar surface area (TPSA) is 74.3 Å². The summed E-state index contributed by atoms with van der Waals surface area (Å²) in [7, 11) is -0.00211. The summed E-state index contributed by atoms with van der Waals surface area (Å²) in [5, 5.41) is 2.99. The Morgan fingerprint density at radius 1 is 1.37 bits per heavy atom. The van der Waals surface area contributed by atoms with Crippen LogP contribution in [0.5, 0.6) is 0 Å². The highest BCUT2D eigenvalue weighted by atomic mass is 32.2. The molecule has 0 saturated heterocycles. The third-order valence-corrected chi connectivity index (χ3v) is 4.25. The molecule has 19 heavy (non-hydrogen) atoms. The summed E-state index contributed by atoms with van der Waals surface area (Å²) in [6.07, 6.45) is 2.46. The van der Waals surface area contributed by atoms with Gasteiger partial charge in [0.25, 0.3) is 10.2 Å². The van der Waals surface area contributed by atoms with Crippen LogP contribution in [0, 0.1) is 6.92 Å². The average Bonchev–Trinajstić information content (AvgIpc) is 2.38. The Morgan fingerprint density at radius 2 is 2.11 bits per heavy atom. The summed E-state index contributed by atoms with van der Waals surface area (Å²) in [5.74, 6) is 0. The third-order valence-electron chi connectivity index (χ3n) is 2.74. The van der Waals surface area contributed by atoms with Crippen molar-refractivity contribution in [1.82, 2.24) is 19.3 Å². The van der Waals surface area contributed by atoms with E-state index in [0.29, 0.717) is 6.54 Å². The molecule has 0 unspecified atom stereocenters. The maximum atomic E-state index is 11.9. The van der Waals surface area contributed by atoms with Crippen LogP contribution in [0.1, 0.15) is 17.7 Å². The Bertz CT molecular complexity index is 473. The van der Waals surface area contributed by atoms with E-state index in [4.69, 9.17) is 0 Å². The molecule has 6 nitrogen and oxygen atoms in total. The highest BCUT2D eigenvalue weighted by Crippen LogP contribution is 2.01.